The van der Waals surface area contributed by atoms with Crippen LogP contribution in [0.5, 0.6) is 0 Å². The van der Waals surface area contributed by atoms with Gasteiger partial charge in [0.2, 0.25) is 0 Å². The Bertz CT molecular complexity index is 126. The van der Waals surface area contributed by atoms with Gasteiger partial charge >= 0.3 is 0 Å². The minimum Gasteiger partial charge on any atom is -0.247 e. The smallest absolute Gasteiger partial charge is 0.100 e. The molecule has 0 amide bonds. The van der Waals surface area contributed by atoms with Gasteiger partial charge in [0.15, 0.2) is 0 Å². The molecule has 0 atom stereocenters. The molecule has 0 heterocycles. The summed E-state index contributed by atoms with van der Waals surface area (Å²) in [5.41, 5.74) is 0. The van der Waals surface area contributed by atoms with E-state index in [0.29, 0.717) is 18.8 Å². The molecular formula is C9H12F. The SMILES string of the molecule is [C]#CCC1CCC(F)CC1. The fourth-order valence-electron chi connectivity index (χ4n) is 1.47. The highest BCUT2D eigenvalue weighted by atomic mass is 19.1. The van der Waals surface area contributed by atoms with Crippen molar-refractivity contribution in [2.75, 3.05) is 0 Å². The van der Waals surface area contributed by atoms with Gasteiger partial charge in [-0.05, 0) is 38.0 Å². The number of hydrogen-bond acceptors (Lipinski definition) is 0. The van der Waals surface area contributed by atoms with Crippen LogP contribution in [-0.4, -0.2) is 6.17 Å². The van der Waals surface area contributed by atoms with Gasteiger partial charge in [0, 0.05) is 6.42 Å². The van der Waals surface area contributed by atoms with E-state index in [1.165, 1.54) is 0 Å². The van der Waals surface area contributed by atoms with E-state index in [1.807, 2.05) is 0 Å². The molecule has 0 N–H and O–H groups in total. The molecule has 0 spiro atoms. The number of alkyl halides is 1. The molecule has 0 nitrogen and oxygen atoms in total. The van der Waals surface area contributed by atoms with Gasteiger partial charge < -0.3 is 0 Å². The molecule has 1 aliphatic rings. The monoisotopic (exact) mass is 139 g/mol. The van der Waals surface area contributed by atoms with Crippen molar-refractivity contribution in [1.29, 1.82) is 0 Å². The van der Waals surface area contributed by atoms with E-state index < -0.39 is 6.17 Å². The second kappa shape index (κ2) is 3.61. The first-order valence-electron chi connectivity index (χ1n) is 3.86. The molecule has 0 aliphatic heterocycles. The zero-order valence-corrected chi connectivity index (χ0v) is 6.07. The maximum atomic E-state index is 12.5. The van der Waals surface area contributed by atoms with Crippen molar-refractivity contribution < 1.29 is 4.39 Å². The van der Waals surface area contributed by atoms with Crippen LogP contribution in [0.15, 0.2) is 0 Å². The van der Waals surface area contributed by atoms with Crippen LogP contribution >= 0.6 is 0 Å². The van der Waals surface area contributed by atoms with Crippen molar-refractivity contribution in [3.8, 4) is 5.92 Å². The fraction of sp³-hybridized carbons (Fsp3) is 0.778. The molecule has 10 heavy (non-hydrogen) atoms. The molecule has 0 saturated heterocycles. The van der Waals surface area contributed by atoms with Gasteiger partial charge in [-0.25, -0.2) is 4.39 Å². The normalized spacial score (nSPS) is 33.2. The minimum atomic E-state index is -0.568. The van der Waals surface area contributed by atoms with Gasteiger partial charge in [-0.15, -0.1) is 0 Å². The van der Waals surface area contributed by atoms with Crippen LogP contribution in [0.3, 0.4) is 0 Å². The summed E-state index contributed by atoms with van der Waals surface area (Å²) in [5.74, 6) is 2.93. The Labute approximate surface area is 61.8 Å². The maximum absolute atomic E-state index is 12.5. The molecule has 0 bridgehead atoms. The lowest BCUT2D eigenvalue weighted by Gasteiger charge is -2.21. The Morgan fingerprint density at radius 3 is 2.40 bits per heavy atom. The Morgan fingerprint density at radius 2 is 1.90 bits per heavy atom. The first-order valence-corrected chi connectivity index (χ1v) is 3.86. The van der Waals surface area contributed by atoms with Crippen molar-refractivity contribution in [2.45, 2.75) is 38.3 Å². The van der Waals surface area contributed by atoms with Gasteiger partial charge in [0.05, 0.1) is 0 Å². The zero-order valence-electron chi connectivity index (χ0n) is 6.07. The maximum Gasteiger partial charge on any atom is 0.100 e. The van der Waals surface area contributed by atoms with E-state index in [0.717, 1.165) is 19.3 Å². The van der Waals surface area contributed by atoms with Crippen LogP contribution in [0.1, 0.15) is 32.1 Å². The van der Waals surface area contributed by atoms with Crippen LogP contribution in [0.2, 0.25) is 0 Å². The first-order chi connectivity index (χ1) is 4.83. The molecule has 1 radical (unpaired) electrons. The molecule has 1 fully saturated rings. The number of rotatable bonds is 1. The molecule has 0 aromatic heterocycles. The van der Waals surface area contributed by atoms with E-state index in [4.69, 9.17) is 6.42 Å². The Hall–Kier alpha value is -0.510. The Kier molecular flexibility index (Phi) is 2.74. The third kappa shape index (κ3) is 2.02. The van der Waals surface area contributed by atoms with Crippen molar-refractivity contribution in [1.82, 2.24) is 0 Å². The summed E-state index contributed by atoms with van der Waals surface area (Å²) in [6.07, 6.45) is 10.2. The van der Waals surface area contributed by atoms with Gasteiger partial charge in [0.1, 0.15) is 6.17 Å². The molecule has 0 aromatic rings. The Morgan fingerprint density at radius 1 is 1.30 bits per heavy atom. The summed E-state index contributed by atoms with van der Waals surface area (Å²) in [4.78, 5) is 0. The topological polar surface area (TPSA) is 0 Å². The lowest BCUT2D eigenvalue weighted by Crippen LogP contribution is -2.14. The van der Waals surface area contributed by atoms with Gasteiger partial charge in [-0.3, -0.25) is 0 Å². The van der Waals surface area contributed by atoms with Crippen LogP contribution < -0.4 is 0 Å². The second-order valence-corrected chi connectivity index (χ2v) is 3.00. The summed E-state index contributed by atoms with van der Waals surface area (Å²) >= 11 is 0. The van der Waals surface area contributed by atoms with E-state index in [2.05, 4.69) is 5.92 Å². The summed E-state index contributed by atoms with van der Waals surface area (Å²) in [6.45, 7) is 0. The zero-order chi connectivity index (χ0) is 7.40. The first kappa shape index (κ1) is 7.60. The lowest BCUT2D eigenvalue weighted by atomic mass is 9.86. The van der Waals surface area contributed by atoms with Crippen molar-refractivity contribution in [2.24, 2.45) is 5.92 Å². The van der Waals surface area contributed by atoms with Crippen LogP contribution in [-0.2, 0) is 0 Å². The standard InChI is InChI=1S/C9H12F/c1-2-3-8-4-6-9(10)7-5-8/h8-9H,3-7H2. The summed E-state index contributed by atoms with van der Waals surface area (Å²) in [7, 11) is 0. The second-order valence-electron chi connectivity index (χ2n) is 3.00. The van der Waals surface area contributed by atoms with Gasteiger partial charge in [-0.1, -0.05) is 5.92 Å². The van der Waals surface area contributed by atoms with Gasteiger partial charge in [-0.2, -0.15) is 0 Å². The third-order valence-corrected chi connectivity index (χ3v) is 2.17. The van der Waals surface area contributed by atoms with Crippen LogP contribution in [0.25, 0.3) is 0 Å². The molecule has 1 saturated carbocycles. The average molecular weight is 139 g/mol. The predicted octanol–water partition coefficient (Wildman–Crippen LogP) is 2.49. The molecule has 55 valence electrons. The lowest BCUT2D eigenvalue weighted by molar-refractivity contribution is 0.209. The van der Waals surface area contributed by atoms with Gasteiger partial charge in [0.25, 0.3) is 0 Å². The highest BCUT2D eigenvalue weighted by molar-refractivity contribution is 4.83. The molecule has 1 rings (SSSR count). The predicted molar refractivity (Wildman–Crippen MR) is 38.6 cm³/mol. The summed E-state index contributed by atoms with van der Waals surface area (Å²) in [6, 6.07) is 0. The fourth-order valence-corrected chi connectivity index (χ4v) is 1.47. The summed E-state index contributed by atoms with van der Waals surface area (Å²) in [5, 5.41) is 0. The average Bonchev–Trinajstić information content (AvgIpc) is 1.95. The quantitative estimate of drug-likeness (QED) is 0.489. The van der Waals surface area contributed by atoms with Crippen LogP contribution in [0.4, 0.5) is 4.39 Å². The largest absolute Gasteiger partial charge is 0.247 e. The minimum absolute atomic E-state index is 0.546. The van der Waals surface area contributed by atoms with Crippen LogP contribution in [0, 0.1) is 18.3 Å². The summed E-state index contributed by atoms with van der Waals surface area (Å²) < 4.78 is 12.5. The molecule has 1 aliphatic carbocycles. The molecule has 0 aromatic carbocycles. The third-order valence-electron chi connectivity index (χ3n) is 2.17. The van der Waals surface area contributed by atoms with Crippen molar-refractivity contribution in [3.63, 3.8) is 0 Å². The van der Waals surface area contributed by atoms with Crippen molar-refractivity contribution in [3.05, 3.63) is 6.42 Å². The van der Waals surface area contributed by atoms with E-state index >= 15 is 0 Å². The Balaban J connectivity index is 2.21. The highest BCUT2D eigenvalue weighted by Crippen LogP contribution is 2.27. The number of halogens is 1. The van der Waals surface area contributed by atoms with E-state index in [1.54, 1.807) is 0 Å². The van der Waals surface area contributed by atoms with E-state index in [-0.39, 0.29) is 0 Å². The molecule has 1 heteroatoms. The number of hydrogen-bond donors (Lipinski definition) is 0. The molecule has 0 unspecified atom stereocenters. The highest BCUT2D eigenvalue weighted by Gasteiger charge is 2.19. The molecular weight excluding hydrogens is 127 g/mol. The van der Waals surface area contributed by atoms with E-state index in [9.17, 15) is 4.39 Å². The van der Waals surface area contributed by atoms with Crippen molar-refractivity contribution >= 4 is 0 Å².